The van der Waals surface area contributed by atoms with Gasteiger partial charge in [-0.3, -0.25) is 9.98 Å². The van der Waals surface area contributed by atoms with Crippen LogP contribution in [0.1, 0.15) is 33.6 Å². The van der Waals surface area contributed by atoms with Gasteiger partial charge in [-0.1, -0.05) is 25.6 Å². The van der Waals surface area contributed by atoms with Crippen LogP contribution < -0.4 is 11.4 Å². The zero-order valence-corrected chi connectivity index (χ0v) is 11.9. The van der Waals surface area contributed by atoms with E-state index in [9.17, 15) is 4.79 Å². The van der Waals surface area contributed by atoms with Crippen molar-refractivity contribution in [2.24, 2.45) is 11.1 Å². The number of H-pyrrole nitrogens is 1. The summed E-state index contributed by atoms with van der Waals surface area (Å²) in [4.78, 5) is 11.3. The Morgan fingerprint density at radius 3 is 2.83 bits per heavy atom. The van der Waals surface area contributed by atoms with Gasteiger partial charge in [-0.2, -0.15) is 0 Å². The van der Waals surface area contributed by atoms with E-state index < -0.39 is 0 Å². The molecule has 1 aromatic rings. The molecule has 0 aliphatic heterocycles. The molecule has 0 radical (unpaired) electrons. The number of thioether (sulfide) groups is 1. The van der Waals surface area contributed by atoms with Gasteiger partial charge in [-0.05, 0) is 19.8 Å². The first kappa shape index (κ1) is 14.8. The summed E-state index contributed by atoms with van der Waals surface area (Å²) in [6, 6.07) is 0. The van der Waals surface area contributed by atoms with E-state index in [4.69, 9.17) is 11.1 Å². The highest BCUT2D eigenvalue weighted by molar-refractivity contribution is 7.99. The van der Waals surface area contributed by atoms with Gasteiger partial charge in [0.15, 0.2) is 5.16 Å². The van der Waals surface area contributed by atoms with Crippen LogP contribution in [0.25, 0.3) is 0 Å². The minimum absolute atomic E-state index is 0.163. The molecule has 0 aliphatic carbocycles. The third-order valence-corrected chi connectivity index (χ3v) is 4.01. The van der Waals surface area contributed by atoms with Crippen molar-refractivity contribution in [1.29, 1.82) is 5.41 Å². The quantitative estimate of drug-likeness (QED) is 0.302. The Morgan fingerprint density at radius 1 is 1.61 bits per heavy atom. The minimum atomic E-state index is -0.253. The largest absolute Gasteiger partial charge is 0.387 e. The van der Waals surface area contributed by atoms with Gasteiger partial charge >= 0.3 is 5.69 Å². The van der Waals surface area contributed by atoms with Crippen molar-refractivity contribution in [3.63, 3.8) is 0 Å². The van der Waals surface area contributed by atoms with Crippen LogP contribution in [-0.4, -0.2) is 26.4 Å². The van der Waals surface area contributed by atoms with Gasteiger partial charge in [0.25, 0.3) is 0 Å². The fourth-order valence-electron chi connectivity index (χ4n) is 1.50. The van der Waals surface area contributed by atoms with Crippen LogP contribution in [-0.2, 0) is 6.54 Å². The zero-order valence-electron chi connectivity index (χ0n) is 11.1. The lowest BCUT2D eigenvalue weighted by Gasteiger charge is -2.22. The van der Waals surface area contributed by atoms with Crippen LogP contribution in [0.2, 0.25) is 0 Å². The maximum absolute atomic E-state index is 11.3. The Morgan fingerprint density at radius 2 is 2.28 bits per heavy atom. The molecule has 18 heavy (non-hydrogen) atoms. The molecule has 6 nitrogen and oxygen atoms in total. The molecule has 0 fully saturated rings. The molecule has 1 heterocycles. The smallest absolute Gasteiger partial charge is 0.343 e. The summed E-state index contributed by atoms with van der Waals surface area (Å²) in [5.41, 5.74) is 5.11. The van der Waals surface area contributed by atoms with Crippen LogP contribution >= 0.6 is 11.8 Å². The number of nitrogens with one attached hydrogen (secondary N) is 2. The molecule has 7 heteroatoms. The van der Waals surface area contributed by atoms with Crippen LogP contribution in [0, 0.1) is 10.8 Å². The van der Waals surface area contributed by atoms with Crippen LogP contribution in [0.5, 0.6) is 0 Å². The summed E-state index contributed by atoms with van der Waals surface area (Å²) >= 11 is 1.55. The summed E-state index contributed by atoms with van der Waals surface area (Å²) in [5.74, 6) is 1.08. The van der Waals surface area contributed by atoms with E-state index >= 15 is 0 Å². The van der Waals surface area contributed by atoms with Crippen molar-refractivity contribution in [2.75, 3.05) is 5.75 Å². The summed E-state index contributed by atoms with van der Waals surface area (Å²) in [6.45, 7) is 6.48. The van der Waals surface area contributed by atoms with E-state index in [0.29, 0.717) is 6.54 Å². The molecule has 0 saturated heterocycles. The summed E-state index contributed by atoms with van der Waals surface area (Å²) in [6.07, 6.45) is 1.79. The number of rotatable bonds is 7. The lowest BCUT2D eigenvalue weighted by atomic mass is 9.87. The van der Waals surface area contributed by atoms with E-state index in [1.807, 2.05) is 20.8 Å². The number of nitrogens with two attached hydrogens (primary N) is 1. The fourth-order valence-corrected chi connectivity index (χ4v) is 2.45. The molecule has 0 saturated carbocycles. The minimum Gasteiger partial charge on any atom is -0.387 e. The Balaban J connectivity index is 2.43. The highest BCUT2D eigenvalue weighted by Crippen LogP contribution is 2.24. The maximum Gasteiger partial charge on any atom is 0.343 e. The van der Waals surface area contributed by atoms with E-state index in [0.717, 1.165) is 23.8 Å². The molecule has 102 valence electrons. The highest BCUT2D eigenvalue weighted by atomic mass is 32.2. The maximum atomic E-state index is 11.3. The number of aromatic amines is 1. The molecule has 0 aliphatic rings. The zero-order chi connectivity index (χ0) is 13.8. The highest BCUT2D eigenvalue weighted by Gasteiger charge is 2.20. The van der Waals surface area contributed by atoms with Crippen LogP contribution in [0.4, 0.5) is 0 Å². The fraction of sp³-hybridized carbons (Fsp3) is 0.727. The molecule has 0 atom stereocenters. The van der Waals surface area contributed by atoms with Gasteiger partial charge in [0.05, 0.1) is 5.84 Å². The lowest BCUT2D eigenvalue weighted by molar-refractivity contribution is 0.464. The SMILES string of the molecule is CCn1c(SCCCC(C)(C)C(=N)N)n[nH]c1=O. The molecule has 0 bridgehead atoms. The first-order chi connectivity index (χ1) is 8.38. The second-order valence-corrected chi connectivity index (χ2v) is 5.87. The second kappa shape index (κ2) is 6.08. The first-order valence-electron chi connectivity index (χ1n) is 6.01. The van der Waals surface area contributed by atoms with E-state index in [1.165, 1.54) is 0 Å². The number of hydrogen-bond donors (Lipinski definition) is 3. The molecule has 1 aromatic heterocycles. The average molecular weight is 271 g/mol. The molecule has 0 aromatic carbocycles. The van der Waals surface area contributed by atoms with Gasteiger partial charge in [0, 0.05) is 17.7 Å². The van der Waals surface area contributed by atoms with Crippen molar-refractivity contribution in [1.82, 2.24) is 14.8 Å². The lowest BCUT2D eigenvalue weighted by Crippen LogP contribution is -2.30. The topological polar surface area (TPSA) is 101 Å². The van der Waals surface area contributed by atoms with Gasteiger partial charge in [0.2, 0.25) is 0 Å². The molecular weight excluding hydrogens is 250 g/mol. The van der Waals surface area contributed by atoms with E-state index in [1.54, 1.807) is 16.3 Å². The van der Waals surface area contributed by atoms with Gasteiger partial charge < -0.3 is 5.73 Å². The first-order valence-corrected chi connectivity index (χ1v) is 6.99. The Bertz CT molecular complexity index is 462. The van der Waals surface area contributed by atoms with Crippen molar-refractivity contribution in [3.05, 3.63) is 10.5 Å². The van der Waals surface area contributed by atoms with E-state index in [2.05, 4.69) is 10.2 Å². The van der Waals surface area contributed by atoms with Crippen molar-refractivity contribution < 1.29 is 0 Å². The average Bonchev–Trinajstić information content (AvgIpc) is 2.65. The summed E-state index contributed by atoms with van der Waals surface area (Å²) < 4.78 is 1.61. The summed E-state index contributed by atoms with van der Waals surface area (Å²) in [7, 11) is 0. The molecule has 0 spiro atoms. The number of aromatic nitrogens is 3. The van der Waals surface area contributed by atoms with Crippen LogP contribution in [0.3, 0.4) is 0 Å². The number of amidine groups is 1. The number of nitrogens with zero attached hydrogens (tertiary/aromatic N) is 2. The predicted molar refractivity (Wildman–Crippen MR) is 74.2 cm³/mol. The standard InChI is InChI=1S/C11H21N5OS/c1-4-16-9(17)14-15-10(16)18-7-5-6-11(2,3)8(12)13/h4-7H2,1-3H3,(H3,12,13)(H,14,17). The van der Waals surface area contributed by atoms with Gasteiger partial charge in [-0.25, -0.2) is 9.89 Å². The van der Waals surface area contributed by atoms with Crippen molar-refractivity contribution in [2.45, 2.75) is 45.3 Å². The number of hydrogen-bond acceptors (Lipinski definition) is 4. The van der Waals surface area contributed by atoms with Gasteiger partial charge in [0.1, 0.15) is 0 Å². The third kappa shape index (κ3) is 3.63. The monoisotopic (exact) mass is 271 g/mol. The molecule has 0 unspecified atom stereocenters. The molecular formula is C11H21N5OS. The normalized spacial score (nSPS) is 11.7. The van der Waals surface area contributed by atoms with Crippen LogP contribution in [0.15, 0.2) is 9.95 Å². The van der Waals surface area contributed by atoms with E-state index in [-0.39, 0.29) is 16.9 Å². The van der Waals surface area contributed by atoms with Crippen molar-refractivity contribution >= 4 is 17.6 Å². The second-order valence-electron chi connectivity index (χ2n) is 4.81. The Kier molecular flexibility index (Phi) is 5.01. The molecule has 0 amide bonds. The van der Waals surface area contributed by atoms with Crippen molar-refractivity contribution in [3.8, 4) is 0 Å². The third-order valence-electron chi connectivity index (χ3n) is 2.95. The molecule has 4 N–H and O–H groups in total. The summed E-state index contributed by atoms with van der Waals surface area (Å²) in [5, 5.41) is 14.6. The Hall–Kier alpha value is -1.24. The predicted octanol–water partition coefficient (Wildman–Crippen LogP) is 1.43. The van der Waals surface area contributed by atoms with Gasteiger partial charge in [-0.15, -0.1) is 5.10 Å². The Labute approximate surface area is 111 Å². The molecule has 1 rings (SSSR count).